The molecule has 0 amide bonds. The first-order chi connectivity index (χ1) is 11.0. The van der Waals surface area contributed by atoms with Crippen molar-refractivity contribution in [1.82, 2.24) is 5.16 Å². The molecule has 2 atom stereocenters. The van der Waals surface area contributed by atoms with Gasteiger partial charge in [-0.15, -0.1) is 0 Å². The van der Waals surface area contributed by atoms with E-state index in [1.165, 1.54) is 12.5 Å². The van der Waals surface area contributed by atoms with E-state index in [0.717, 1.165) is 18.4 Å². The topological polar surface area (TPSA) is 89.2 Å². The van der Waals surface area contributed by atoms with E-state index >= 15 is 0 Å². The molecule has 0 aliphatic heterocycles. The number of aromatic nitrogens is 1. The molecule has 1 aromatic heterocycles. The molecule has 23 heavy (non-hydrogen) atoms. The van der Waals surface area contributed by atoms with Crippen LogP contribution in [0.2, 0.25) is 0 Å². The minimum Gasteiger partial charge on any atom is -0.616 e. The highest BCUT2D eigenvalue weighted by Crippen LogP contribution is 2.42. The molecule has 122 valence electrons. The SMILES string of the molecule is C[S+]([O-])Cc1ccc(C(=O)c2cnoc2C2CC2)c([S+](C)[O-])c1. The number of carbonyl (C=O) groups is 1. The van der Waals surface area contributed by atoms with E-state index in [1.807, 2.05) is 0 Å². The zero-order chi connectivity index (χ0) is 16.6. The summed E-state index contributed by atoms with van der Waals surface area (Å²) >= 11 is -2.32. The van der Waals surface area contributed by atoms with Crippen molar-refractivity contribution in [3.63, 3.8) is 0 Å². The zero-order valence-corrected chi connectivity index (χ0v) is 14.5. The Morgan fingerprint density at radius 2 is 2.04 bits per heavy atom. The summed E-state index contributed by atoms with van der Waals surface area (Å²) in [5.41, 5.74) is 1.65. The molecule has 3 rings (SSSR count). The third-order valence-electron chi connectivity index (χ3n) is 3.76. The van der Waals surface area contributed by atoms with Crippen LogP contribution in [-0.2, 0) is 28.1 Å². The normalized spacial score (nSPS) is 17.0. The van der Waals surface area contributed by atoms with Crippen molar-refractivity contribution in [2.45, 2.75) is 29.4 Å². The van der Waals surface area contributed by atoms with Crippen LogP contribution < -0.4 is 0 Å². The van der Waals surface area contributed by atoms with Gasteiger partial charge in [0.05, 0.1) is 23.6 Å². The molecule has 7 heteroatoms. The number of hydrogen-bond acceptors (Lipinski definition) is 5. The van der Waals surface area contributed by atoms with E-state index in [4.69, 9.17) is 4.52 Å². The second-order valence-corrected chi connectivity index (χ2v) is 8.49. The maximum atomic E-state index is 12.8. The van der Waals surface area contributed by atoms with Crippen molar-refractivity contribution >= 4 is 28.1 Å². The van der Waals surface area contributed by atoms with Gasteiger partial charge >= 0.3 is 0 Å². The van der Waals surface area contributed by atoms with Gasteiger partial charge in [-0.1, -0.05) is 22.4 Å². The van der Waals surface area contributed by atoms with Gasteiger partial charge in [-0.05, 0) is 30.1 Å². The highest BCUT2D eigenvalue weighted by atomic mass is 32.2. The average molecular weight is 351 g/mol. The van der Waals surface area contributed by atoms with Crippen molar-refractivity contribution in [3.8, 4) is 0 Å². The van der Waals surface area contributed by atoms with E-state index in [2.05, 4.69) is 5.16 Å². The highest BCUT2D eigenvalue weighted by molar-refractivity contribution is 7.91. The summed E-state index contributed by atoms with van der Waals surface area (Å²) in [6.07, 6.45) is 6.59. The van der Waals surface area contributed by atoms with Crippen molar-refractivity contribution < 1.29 is 18.4 Å². The van der Waals surface area contributed by atoms with Crippen molar-refractivity contribution in [3.05, 3.63) is 46.8 Å². The fraction of sp³-hybridized carbons (Fsp3) is 0.375. The smallest absolute Gasteiger partial charge is 0.203 e. The second kappa shape index (κ2) is 6.68. The Labute approximate surface area is 140 Å². The average Bonchev–Trinajstić information content (AvgIpc) is 3.23. The van der Waals surface area contributed by atoms with Gasteiger partial charge in [-0.25, -0.2) is 0 Å². The molecule has 5 nitrogen and oxygen atoms in total. The van der Waals surface area contributed by atoms with Crippen LogP contribution in [0.1, 0.15) is 46.0 Å². The maximum absolute atomic E-state index is 12.8. The Kier molecular flexibility index (Phi) is 4.82. The summed E-state index contributed by atoms with van der Waals surface area (Å²) in [5, 5.41) is 3.75. The molecule has 0 spiro atoms. The van der Waals surface area contributed by atoms with Crippen LogP contribution >= 0.6 is 0 Å². The number of ketones is 1. The molecule has 2 unspecified atom stereocenters. The van der Waals surface area contributed by atoms with E-state index in [0.29, 0.717) is 27.5 Å². The highest BCUT2D eigenvalue weighted by Gasteiger charge is 2.34. The van der Waals surface area contributed by atoms with Gasteiger partial charge in [0, 0.05) is 17.5 Å². The van der Waals surface area contributed by atoms with E-state index < -0.39 is 22.4 Å². The number of hydrogen-bond donors (Lipinski definition) is 0. The molecule has 1 saturated carbocycles. The Morgan fingerprint density at radius 1 is 1.30 bits per heavy atom. The molecule has 1 aliphatic carbocycles. The van der Waals surface area contributed by atoms with Gasteiger partial charge < -0.3 is 13.6 Å². The third kappa shape index (κ3) is 3.63. The molecular weight excluding hydrogens is 334 g/mol. The van der Waals surface area contributed by atoms with Gasteiger partial charge in [0.15, 0.2) is 10.7 Å². The van der Waals surface area contributed by atoms with Crippen LogP contribution in [0.5, 0.6) is 0 Å². The molecule has 0 saturated heterocycles. The molecule has 0 N–H and O–H groups in total. The molecule has 1 aliphatic rings. The lowest BCUT2D eigenvalue weighted by atomic mass is 10.0. The Balaban J connectivity index is 1.97. The van der Waals surface area contributed by atoms with Gasteiger partial charge in [-0.2, -0.15) is 0 Å². The number of nitrogens with zero attached hydrogens (tertiary/aromatic N) is 1. The van der Waals surface area contributed by atoms with Gasteiger partial charge in [-0.3, -0.25) is 4.79 Å². The standard InChI is InChI=1S/C16H17NO4S2/c1-22(19)9-10-3-6-12(14(7-10)23(2)20)15(18)13-8-17-21-16(13)11-4-5-11/h3,6-8,11H,4-5,9H2,1-2H3. The number of benzene rings is 1. The first-order valence-corrected chi connectivity index (χ1v) is 10.5. The summed E-state index contributed by atoms with van der Waals surface area (Å²) in [6.45, 7) is 0. The molecule has 1 aromatic carbocycles. The summed E-state index contributed by atoms with van der Waals surface area (Å²) < 4.78 is 28.6. The first-order valence-electron chi connectivity index (χ1n) is 7.23. The minimum atomic E-state index is -1.32. The summed E-state index contributed by atoms with van der Waals surface area (Å²) in [6, 6.07) is 5.12. The summed E-state index contributed by atoms with van der Waals surface area (Å²) in [4.78, 5) is 13.3. The lowest BCUT2D eigenvalue weighted by Gasteiger charge is -2.12. The summed E-state index contributed by atoms with van der Waals surface area (Å²) in [7, 11) is 0. The van der Waals surface area contributed by atoms with Crippen LogP contribution in [-0.4, -0.2) is 32.6 Å². The lowest BCUT2D eigenvalue weighted by Crippen LogP contribution is -2.12. The van der Waals surface area contributed by atoms with Crippen molar-refractivity contribution in [2.24, 2.45) is 0 Å². The van der Waals surface area contributed by atoms with Crippen LogP contribution in [0.3, 0.4) is 0 Å². The minimum absolute atomic E-state index is 0.220. The lowest BCUT2D eigenvalue weighted by molar-refractivity contribution is 0.103. The fourth-order valence-electron chi connectivity index (χ4n) is 2.52. The van der Waals surface area contributed by atoms with Gasteiger partial charge in [0.2, 0.25) is 5.78 Å². The zero-order valence-electron chi connectivity index (χ0n) is 12.9. The molecule has 1 fully saturated rings. The second-order valence-electron chi connectivity index (χ2n) is 5.71. The number of carbonyl (C=O) groups excluding carboxylic acids is 1. The van der Waals surface area contributed by atoms with Gasteiger partial charge in [0.1, 0.15) is 12.0 Å². The Hall–Kier alpha value is -1.28. The predicted molar refractivity (Wildman–Crippen MR) is 88.5 cm³/mol. The van der Waals surface area contributed by atoms with E-state index in [-0.39, 0.29) is 11.7 Å². The Bertz CT molecular complexity index is 723. The molecular formula is C16H17NO4S2. The van der Waals surface area contributed by atoms with Crippen molar-refractivity contribution in [2.75, 3.05) is 12.5 Å². The predicted octanol–water partition coefficient (Wildman–Crippen LogP) is 2.40. The quantitative estimate of drug-likeness (QED) is 0.589. The first kappa shape index (κ1) is 16.6. The van der Waals surface area contributed by atoms with Crippen molar-refractivity contribution in [1.29, 1.82) is 0 Å². The van der Waals surface area contributed by atoms with Gasteiger partial charge in [0.25, 0.3) is 0 Å². The monoisotopic (exact) mass is 351 g/mol. The summed E-state index contributed by atoms with van der Waals surface area (Å²) in [5.74, 6) is 1.05. The van der Waals surface area contributed by atoms with E-state index in [9.17, 15) is 13.9 Å². The van der Waals surface area contributed by atoms with Crippen LogP contribution in [0, 0.1) is 0 Å². The largest absolute Gasteiger partial charge is 0.616 e. The molecule has 2 aromatic rings. The third-order valence-corrected chi connectivity index (χ3v) is 5.46. The maximum Gasteiger partial charge on any atom is 0.203 e. The number of rotatable bonds is 6. The van der Waals surface area contributed by atoms with Crippen LogP contribution in [0.15, 0.2) is 33.8 Å². The molecule has 1 heterocycles. The van der Waals surface area contributed by atoms with Crippen LogP contribution in [0.4, 0.5) is 0 Å². The molecule has 0 bridgehead atoms. The van der Waals surface area contributed by atoms with E-state index in [1.54, 1.807) is 24.5 Å². The Morgan fingerprint density at radius 3 is 2.65 bits per heavy atom. The molecule has 0 radical (unpaired) electrons. The van der Waals surface area contributed by atoms with Crippen LogP contribution in [0.25, 0.3) is 0 Å². The fourth-order valence-corrected chi connectivity index (χ4v) is 3.96.